The molecule has 0 aromatic carbocycles. The predicted molar refractivity (Wildman–Crippen MR) is 97.8 cm³/mol. The monoisotopic (exact) mass is 390 g/mol. The third-order valence-corrected chi connectivity index (χ3v) is 9.47. The Kier molecular flexibility index (Phi) is 3.10. The van der Waals surface area contributed by atoms with Crippen molar-refractivity contribution in [2.75, 3.05) is 6.61 Å². The molecule has 3 saturated heterocycles. The molecule has 154 valence electrons. The van der Waals surface area contributed by atoms with Crippen molar-refractivity contribution in [3.05, 3.63) is 12.2 Å². The highest BCUT2D eigenvalue weighted by Gasteiger charge is 2.88. The maximum absolute atomic E-state index is 12.1. The summed E-state index contributed by atoms with van der Waals surface area (Å²) in [6.07, 6.45) is 2.06. The largest absolute Gasteiger partial charge is 0.456 e. The molecule has 2 N–H and O–H groups in total. The van der Waals surface area contributed by atoms with Crippen molar-refractivity contribution in [2.24, 2.45) is 34.0 Å². The number of carbonyl (C=O) groups excluding carboxylic acids is 1. The molecule has 7 fully saturated rings. The fourth-order valence-corrected chi connectivity index (χ4v) is 8.74. The predicted octanol–water partition coefficient (Wildman–Crippen LogP) is 1.78. The van der Waals surface area contributed by atoms with Gasteiger partial charge in [-0.3, -0.25) is 4.79 Å². The Labute approximate surface area is 165 Å². The molecule has 4 aliphatic carbocycles. The molecule has 3 aliphatic heterocycles. The molecule has 2 spiro atoms. The highest BCUT2D eigenvalue weighted by molar-refractivity contribution is 5.66. The molecule has 7 aliphatic rings. The van der Waals surface area contributed by atoms with Gasteiger partial charge < -0.3 is 24.4 Å². The molecule has 6 nitrogen and oxygen atoms in total. The number of aliphatic hydroxyl groups excluding tert-OH is 1. The minimum atomic E-state index is -1.72. The molecule has 4 bridgehead atoms. The van der Waals surface area contributed by atoms with Crippen molar-refractivity contribution >= 4 is 5.97 Å². The van der Waals surface area contributed by atoms with Crippen LogP contribution in [0.3, 0.4) is 0 Å². The number of ether oxygens (including phenoxy) is 3. The van der Waals surface area contributed by atoms with Crippen molar-refractivity contribution in [1.29, 1.82) is 0 Å². The Hall–Kier alpha value is -0.950. The van der Waals surface area contributed by atoms with E-state index < -0.39 is 29.4 Å². The normalized spacial score (nSPS) is 59.9. The summed E-state index contributed by atoms with van der Waals surface area (Å²) in [7, 11) is 0. The second-order valence-corrected chi connectivity index (χ2v) is 10.9. The van der Waals surface area contributed by atoms with E-state index in [9.17, 15) is 15.0 Å². The van der Waals surface area contributed by atoms with Gasteiger partial charge in [-0.05, 0) is 30.3 Å². The van der Waals surface area contributed by atoms with Gasteiger partial charge in [-0.15, -0.1) is 0 Å². The lowest BCUT2D eigenvalue weighted by molar-refractivity contribution is -0.455. The Bertz CT molecular complexity index is 792. The number of esters is 1. The van der Waals surface area contributed by atoms with Crippen LogP contribution in [0.4, 0.5) is 0 Å². The summed E-state index contributed by atoms with van der Waals surface area (Å²) >= 11 is 0. The lowest BCUT2D eigenvalue weighted by Gasteiger charge is -2.74. The van der Waals surface area contributed by atoms with Gasteiger partial charge in [0.05, 0.1) is 30.3 Å². The van der Waals surface area contributed by atoms with Gasteiger partial charge in [0, 0.05) is 30.1 Å². The van der Waals surface area contributed by atoms with Crippen molar-refractivity contribution in [2.45, 2.75) is 76.7 Å². The summed E-state index contributed by atoms with van der Waals surface area (Å²) in [5.74, 6) is -2.15. The van der Waals surface area contributed by atoms with E-state index >= 15 is 0 Å². The Balaban J connectivity index is 1.61. The van der Waals surface area contributed by atoms with E-state index in [1.54, 1.807) is 0 Å². The Morgan fingerprint density at radius 2 is 2.00 bits per heavy atom. The Morgan fingerprint density at radius 1 is 1.25 bits per heavy atom. The highest BCUT2D eigenvalue weighted by Crippen LogP contribution is 2.80. The van der Waals surface area contributed by atoms with E-state index in [1.807, 2.05) is 0 Å². The van der Waals surface area contributed by atoms with Crippen molar-refractivity contribution < 1.29 is 29.2 Å². The minimum absolute atomic E-state index is 0.00867. The molecule has 3 heterocycles. The molecule has 0 radical (unpaired) electrons. The number of hydrogen-bond acceptors (Lipinski definition) is 6. The maximum atomic E-state index is 12.1. The molecule has 6 heteroatoms. The number of rotatable bonds is 1. The van der Waals surface area contributed by atoms with E-state index in [4.69, 9.17) is 14.2 Å². The standard InChI is InChI=1S/C22H30O6/c1-10-12-8-21(17(10)24)15(14-13(12)28-14)20-7-5-6-19(3,4)16(20)18(27-11(2)23)22(21,25)26-9-20/h12-18,24-25H,1,5-9H2,2-4H3/t12-,13+,14+,15+,16-,17-,18+,20-,21-,22-/m1/s1. The van der Waals surface area contributed by atoms with Crippen LogP contribution in [0, 0.1) is 34.0 Å². The zero-order valence-corrected chi connectivity index (χ0v) is 16.8. The van der Waals surface area contributed by atoms with Crippen LogP contribution in [0.2, 0.25) is 0 Å². The number of aliphatic hydroxyl groups is 2. The number of hydrogen-bond donors (Lipinski definition) is 2. The first-order valence-electron chi connectivity index (χ1n) is 10.7. The van der Waals surface area contributed by atoms with Gasteiger partial charge in [0.2, 0.25) is 5.79 Å². The summed E-state index contributed by atoms with van der Waals surface area (Å²) in [6.45, 7) is 10.4. The zero-order chi connectivity index (χ0) is 19.9. The average molecular weight is 390 g/mol. The number of fused-ring (bicyclic) bond motifs is 4. The van der Waals surface area contributed by atoms with Gasteiger partial charge in [-0.2, -0.15) is 0 Å². The van der Waals surface area contributed by atoms with Crippen LogP contribution in [0.15, 0.2) is 12.2 Å². The summed E-state index contributed by atoms with van der Waals surface area (Å²) in [5.41, 5.74) is -0.569. The van der Waals surface area contributed by atoms with Crippen molar-refractivity contribution in [3.8, 4) is 0 Å². The first-order chi connectivity index (χ1) is 13.1. The summed E-state index contributed by atoms with van der Waals surface area (Å²) < 4.78 is 18.3. The maximum Gasteiger partial charge on any atom is 0.303 e. The van der Waals surface area contributed by atoms with Gasteiger partial charge in [-0.1, -0.05) is 26.8 Å². The van der Waals surface area contributed by atoms with Crippen LogP contribution in [0.25, 0.3) is 0 Å². The SMILES string of the molecule is C=C1[C@H]2C[C@]3([C@@H]1O)[C@@H]([C@H]1O[C@H]12)[C@]12CCCC(C)(C)[C@H]1[C@H](OC(C)=O)[C@@]3(O)OC2. The molecule has 0 unspecified atom stereocenters. The minimum Gasteiger partial charge on any atom is -0.456 e. The van der Waals surface area contributed by atoms with Crippen LogP contribution in [0.5, 0.6) is 0 Å². The van der Waals surface area contributed by atoms with Gasteiger partial charge in [-0.25, -0.2) is 0 Å². The lowest BCUT2D eigenvalue weighted by Crippen LogP contribution is -2.83. The molecule has 10 atom stereocenters. The van der Waals surface area contributed by atoms with E-state index in [0.717, 1.165) is 24.8 Å². The first-order valence-corrected chi connectivity index (χ1v) is 10.7. The van der Waals surface area contributed by atoms with E-state index in [2.05, 4.69) is 20.4 Å². The van der Waals surface area contributed by atoms with Crippen molar-refractivity contribution in [1.82, 2.24) is 0 Å². The quantitative estimate of drug-likeness (QED) is 0.403. The Morgan fingerprint density at radius 3 is 2.71 bits per heavy atom. The molecule has 0 amide bonds. The third kappa shape index (κ3) is 1.64. The second-order valence-electron chi connectivity index (χ2n) is 10.9. The third-order valence-electron chi connectivity index (χ3n) is 9.47. The summed E-state index contributed by atoms with van der Waals surface area (Å²) in [4.78, 5) is 12.1. The fraction of sp³-hybridized carbons (Fsp3) is 0.864. The zero-order valence-electron chi connectivity index (χ0n) is 16.8. The van der Waals surface area contributed by atoms with Gasteiger partial charge in [0.25, 0.3) is 0 Å². The van der Waals surface area contributed by atoms with Gasteiger partial charge in [0.1, 0.15) is 0 Å². The van der Waals surface area contributed by atoms with Gasteiger partial charge in [0.15, 0.2) is 6.10 Å². The van der Waals surface area contributed by atoms with Crippen LogP contribution in [0.1, 0.15) is 46.5 Å². The molecule has 28 heavy (non-hydrogen) atoms. The topological polar surface area (TPSA) is 88.5 Å². The number of epoxide rings is 1. The average Bonchev–Trinajstić information content (AvgIpc) is 3.36. The van der Waals surface area contributed by atoms with Crippen LogP contribution < -0.4 is 0 Å². The van der Waals surface area contributed by atoms with Crippen molar-refractivity contribution in [3.63, 3.8) is 0 Å². The summed E-state index contributed by atoms with van der Waals surface area (Å²) in [5, 5.41) is 23.5. The summed E-state index contributed by atoms with van der Waals surface area (Å²) in [6, 6.07) is 0. The van der Waals surface area contributed by atoms with Crippen LogP contribution in [-0.4, -0.2) is 53.0 Å². The van der Waals surface area contributed by atoms with E-state index in [-0.39, 0.29) is 40.8 Å². The second kappa shape index (κ2) is 4.85. The highest BCUT2D eigenvalue weighted by atomic mass is 16.7. The molecule has 4 saturated carbocycles. The molecule has 0 aromatic rings. The van der Waals surface area contributed by atoms with Crippen LogP contribution in [-0.2, 0) is 19.0 Å². The van der Waals surface area contributed by atoms with Crippen LogP contribution >= 0.6 is 0 Å². The van der Waals surface area contributed by atoms with E-state index in [0.29, 0.717) is 13.0 Å². The van der Waals surface area contributed by atoms with E-state index in [1.165, 1.54) is 6.92 Å². The molecular weight excluding hydrogens is 360 g/mol. The lowest BCUT2D eigenvalue weighted by atomic mass is 9.36. The molecular formula is C22H30O6. The fourth-order valence-electron chi connectivity index (χ4n) is 8.74. The van der Waals surface area contributed by atoms with Gasteiger partial charge >= 0.3 is 5.97 Å². The molecule has 0 aromatic heterocycles. The smallest absolute Gasteiger partial charge is 0.303 e. The first kappa shape index (κ1) is 17.9. The molecule has 7 rings (SSSR count). The number of carbonyl (C=O) groups is 1.